The van der Waals surface area contributed by atoms with Crippen molar-refractivity contribution in [3.05, 3.63) is 80.3 Å². The Labute approximate surface area is 189 Å². The third-order valence-electron chi connectivity index (χ3n) is 5.48. The molecule has 3 heterocycles. The van der Waals surface area contributed by atoms with E-state index in [2.05, 4.69) is 0 Å². The molecular formula is C21H22N4O5S2. The van der Waals surface area contributed by atoms with E-state index in [0.717, 1.165) is 10.9 Å². The van der Waals surface area contributed by atoms with Gasteiger partial charge in [-0.15, -0.1) is 11.3 Å². The van der Waals surface area contributed by atoms with Gasteiger partial charge in [-0.05, 0) is 36.1 Å². The lowest BCUT2D eigenvalue weighted by atomic mass is 10.2. The molecule has 0 spiro atoms. The van der Waals surface area contributed by atoms with Gasteiger partial charge < -0.3 is 9.47 Å². The molecule has 11 heteroatoms. The van der Waals surface area contributed by atoms with Gasteiger partial charge in [0.05, 0.1) is 16.4 Å². The predicted octanol–water partition coefficient (Wildman–Crippen LogP) is 2.96. The minimum absolute atomic E-state index is 0.0729. The lowest BCUT2D eigenvalue weighted by Crippen LogP contribution is -2.50. The van der Waals surface area contributed by atoms with Crippen molar-refractivity contribution >= 4 is 33.0 Å². The molecule has 1 aromatic carbocycles. The maximum absolute atomic E-state index is 13.1. The largest absolute Gasteiger partial charge is 0.338 e. The van der Waals surface area contributed by atoms with E-state index < -0.39 is 14.9 Å². The molecule has 3 aromatic rings. The van der Waals surface area contributed by atoms with E-state index in [1.165, 1.54) is 16.4 Å². The Morgan fingerprint density at radius 3 is 2.53 bits per heavy atom. The number of amides is 1. The van der Waals surface area contributed by atoms with Gasteiger partial charge in [-0.1, -0.05) is 12.1 Å². The van der Waals surface area contributed by atoms with E-state index in [-0.39, 0.29) is 42.7 Å². The summed E-state index contributed by atoms with van der Waals surface area (Å²) in [5, 5.41) is 13.1. The number of thiophene rings is 1. The number of aryl methyl sites for hydroxylation is 1. The van der Waals surface area contributed by atoms with E-state index in [9.17, 15) is 23.3 Å². The number of sulfonamides is 1. The maximum atomic E-state index is 13.1. The van der Waals surface area contributed by atoms with Crippen molar-refractivity contribution in [1.82, 2.24) is 13.8 Å². The Balaban J connectivity index is 1.47. The Morgan fingerprint density at radius 2 is 1.88 bits per heavy atom. The molecule has 1 fully saturated rings. The summed E-state index contributed by atoms with van der Waals surface area (Å²) < 4.78 is 29.4. The van der Waals surface area contributed by atoms with Crippen LogP contribution in [-0.4, -0.2) is 59.2 Å². The topological polar surface area (TPSA) is 106 Å². The molecule has 0 unspecified atom stereocenters. The van der Waals surface area contributed by atoms with Gasteiger partial charge >= 0.3 is 0 Å². The molecule has 0 bridgehead atoms. The fourth-order valence-corrected chi connectivity index (χ4v) is 6.10. The van der Waals surface area contributed by atoms with Gasteiger partial charge in [0.15, 0.2) is 0 Å². The summed E-state index contributed by atoms with van der Waals surface area (Å²) in [6.07, 6.45) is 1.86. The minimum atomic E-state index is -3.91. The minimum Gasteiger partial charge on any atom is -0.338 e. The number of hydrogen-bond acceptors (Lipinski definition) is 6. The van der Waals surface area contributed by atoms with Crippen LogP contribution in [0.1, 0.15) is 20.9 Å². The number of benzene rings is 1. The standard InChI is InChI=1S/C21H22N4O5S2/c1-16-6-7-17(25(27)28)14-20(16)32(29,30)24-11-9-22(10-12-24)21(26)19-5-2-8-23(19)15-18-4-3-13-31-18/h2-8,13-14H,9-12,15H2,1H3. The second-order valence-corrected chi connectivity index (χ2v) is 10.4. The first-order valence-corrected chi connectivity index (χ1v) is 12.3. The molecule has 0 radical (unpaired) electrons. The van der Waals surface area contributed by atoms with Crippen molar-refractivity contribution in [1.29, 1.82) is 0 Å². The molecule has 4 rings (SSSR count). The number of rotatable bonds is 6. The van der Waals surface area contributed by atoms with E-state index >= 15 is 0 Å². The summed E-state index contributed by atoms with van der Waals surface area (Å²) in [6.45, 7) is 2.96. The number of nitro benzene ring substituents is 1. The Hall–Kier alpha value is -3.02. The van der Waals surface area contributed by atoms with Gasteiger partial charge in [0.1, 0.15) is 5.69 Å². The van der Waals surface area contributed by atoms with Crippen LogP contribution in [0.15, 0.2) is 58.9 Å². The third kappa shape index (κ3) is 4.31. The van der Waals surface area contributed by atoms with Crippen LogP contribution in [0.5, 0.6) is 0 Å². The SMILES string of the molecule is Cc1ccc([N+](=O)[O-])cc1S(=O)(=O)N1CCN(C(=O)c2cccn2Cc2cccs2)CC1. The van der Waals surface area contributed by atoms with Crippen LogP contribution in [0, 0.1) is 17.0 Å². The van der Waals surface area contributed by atoms with Crippen LogP contribution in [-0.2, 0) is 16.6 Å². The Kier molecular flexibility index (Phi) is 6.13. The van der Waals surface area contributed by atoms with Crippen molar-refractivity contribution in [2.75, 3.05) is 26.2 Å². The molecule has 0 saturated carbocycles. The molecule has 0 N–H and O–H groups in total. The zero-order chi connectivity index (χ0) is 22.9. The first-order chi connectivity index (χ1) is 15.3. The molecule has 32 heavy (non-hydrogen) atoms. The molecule has 168 valence electrons. The highest BCUT2D eigenvalue weighted by Crippen LogP contribution is 2.26. The van der Waals surface area contributed by atoms with Crippen LogP contribution < -0.4 is 0 Å². The number of carbonyl (C=O) groups is 1. The van der Waals surface area contributed by atoms with Gasteiger partial charge in [-0.2, -0.15) is 4.31 Å². The predicted molar refractivity (Wildman–Crippen MR) is 120 cm³/mol. The summed E-state index contributed by atoms with van der Waals surface area (Å²) >= 11 is 1.62. The second-order valence-electron chi connectivity index (χ2n) is 7.50. The third-order valence-corrected chi connectivity index (χ3v) is 8.38. The van der Waals surface area contributed by atoms with Crippen LogP contribution in [0.25, 0.3) is 0 Å². The van der Waals surface area contributed by atoms with Gasteiger partial charge in [-0.3, -0.25) is 14.9 Å². The summed E-state index contributed by atoms with van der Waals surface area (Å²) in [5.41, 5.74) is 0.735. The quantitative estimate of drug-likeness (QED) is 0.403. The monoisotopic (exact) mass is 474 g/mol. The van der Waals surface area contributed by atoms with Gasteiger partial charge in [-0.25, -0.2) is 8.42 Å². The number of piperazine rings is 1. The molecule has 0 aliphatic carbocycles. The van der Waals surface area contributed by atoms with Crippen molar-refractivity contribution in [3.63, 3.8) is 0 Å². The molecule has 9 nitrogen and oxygen atoms in total. The van der Waals surface area contributed by atoms with Gasteiger partial charge in [0.25, 0.3) is 11.6 Å². The number of hydrogen-bond donors (Lipinski definition) is 0. The van der Waals surface area contributed by atoms with Crippen LogP contribution in [0.3, 0.4) is 0 Å². The zero-order valence-corrected chi connectivity index (χ0v) is 19.0. The normalized spacial score (nSPS) is 15.1. The molecule has 1 amide bonds. The first kappa shape index (κ1) is 22.2. The summed E-state index contributed by atoms with van der Waals surface area (Å²) in [7, 11) is -3.91. The van der Waals surface area contributed by atoms with E-state index in [1.807, 2.05) is 34.3 Å². The van der Waals surface area contributed by atoms with E-state index in [4.69, 9.17) is 0 Å². The van der Waals surface area contributed by atoms with Crippen molar-refractivity contribution < 1.29 is 18.1 Å². The maximum Gasteiger partial charge on any atom is 0.270 e. The molecule has 0 atom stereocenters. The van der Waals surface area contributed by atoms with Crippen LogP contribution in [0.2, 0.25) is 0 Å². The average molecular weight is 475 g/mol. The zero-order valence-electron chi connectivity index (χ0n) is 17.4. The number of aromatic nitrogens is 1. The molecule has 1 aliphatic rings. The highest BCUT2D eigenvalue weighted by atomic mass is 32.2. The Bertz CT molecular complexity index is 1240. The van der Waals surface area contributed by atoms with Crippen molar-refractivity contribution in [2.24, 2.45) is 0 Å². The number of non-ortho nitro benzene ring substituents is 1. The Morgan fingerprint density at radius 1 is 1.12 bits per heavy atom. The first-order valence-electron chi connectivity index (χ1n) is 9.99. The fraction of sp³-hybridized carbons (Fsp3) is 0.286. The summed E-state index contributed by atoms with van der Waals surface area (Å²) in [4.78, 5) is 26.3. The highest BCUT2D eigenvalue weighted by Gasteiger charge is 2.32. The number of nitrogens with zero attached hydrogens (tertiary/aromatic N) is 4. The lowest BCUT2D eigenvalue weighted by Gasteiger charge is -2.34. The van der Waals surface area contributed by atoms with Gasteiger partial charge in [0, 0.05) is 49.4 Å². The highest BCUT2D eigenvalue weighted by molar-refractivity contribution is 7.89. The van der Waals surface area contributed by atoms with E-state index in [0.29, 0.717) is 17.8 Å². The lowest BCUT2D eigenvalue weighted by molar-refractivity contribution is -0.385. The van der Waals surface area contributed by atoms with Crippen LogP contribution >= 0.6 is 11.3 Å². The molecular weight excluding hydrogens is 452 g/mol. The second kappa shape index (κ2) is 8.85. The van der Waals surface area contributed by atoms with E-state index in [1.54, 1.807) is 29.2 Å². The summed E-state index contributed by atoms with van der Waals surface area (Å²) in [5.74, 6) is -0.143. The van der Waals surface area contributed by atoms with Crippen molar-refractivity contribution in [3.8, 4) is 0 Å². The number of nitro groups is 1. The van der Waals surface area contributed by atoms with Crippen LogP contribution in [0.4, 0.5) is 5.69 Å². The molecule has 2 aromatic heterocycles. The molecule has 1 aliphatic heterocycles. The van der Waals surface area contributed by atoms with Crippen molar-refractivity contribution in [2.45, 2.75) is 18.4 Å². The smallest absolute Gasteiger partial charge is 0.270 e. The summed E-state index contributed by atoms with van der Waals surface area (Å²) in [6, 6.07) is 11.4. The average Bonchev–Trinajstić information content (AvgIpc) is 3.46. The molecule has 1 saturated heterocycles. The number of carbonyl (C=O) groups excluding carboxylic acids is 1. The van der Waals surface area contributed by atoms with Gasteiger partial charge in [0.2, 0.25) is 10.0 Å². The fourth-order valence-electron chi connectivity index (χ4n) is 3.73.